The van der Waals surface area contributed by atoms with E-state index in [0.717, 1.165) is 10.0 Å². The zero-order chi connectivity index (χ0) is 20.6. The number of hydrogen-bond acceptors (Lipinski definition) is 3. The highest BCUT2D eigenvalue weighted by Gasteiger charge is 2.11. The second-order valence-electron chi connectivity index (χ2n) is 6.09. The van der Waals surface area contributed by atoms with Gasteiger partial charge in [-0.15, -0.1) is 0 Å². The Hall–Kier alpha value is -3.07. The SMILES string of the molecule is N#C/C(=C/c1ccccc1OCc1ccc(Cl)cc1)C(=O)Nc1cccc(Br)c1. The molecule has 0 saturated heterocycles. The highest BCUT2D eigenvalue weighted by Crippen LogP contribution is 2.23. The van der Waals surface area contributed by atoms with Crippen molar-refractivity contribution in [2.75, 3.05) is 5.32 Å². The summed E-state index contributed by atoms with van der Waals surface area (Å²) in [5.41, 5.74) is 2.17. The molecule has 3 aromatic rings. The summed E-state index contributed by atoms with van der Waals surface area (Å²) in [6.45, 7) is 0.341. The Morgan fingerprint density at radius 1 is 1.10 bits per heavy atom. The van der Waals surface area contributed by atoms with Gasteiger partial charge in [-0.05, 0) is 48.0 Å². The molecule has 1 N–H and O–H groups in total. The number of halogens is 2. The minimum Gasteiger partial charge on any atom is -0.488 e. The minimum atomic E-state index is -0.488. The van der Waals surface area contributed by atoms with Crippen molar-refractivity contribution < 1.29 is 9.53 Å². The molecule has 6 heteroatoms. The average molecular weight is 468 g/mol. The molecule has 0 aliphatic heterocycles. The zero-order valence-electron chi connectivity index (χ0n) is 15.2. The van der Waals surface area contributed by atoms with Gasteiger partial charge in [0, 0.05) is 20.7 Å². The predicted octanol–water partition coefficient (Wildman–Crippen LogP) is 6.23. The summed E-state index contributed by atoms with van der Waals surface area (Å²) in [6.07, 6.45) is 1.52. The van der Waals surface area contributed by atoms with Crippen LogP contribution in [0.15, 0.2) is 82.8 Å². The maximum atomic E-state index is 12.5. The summed E-state index contributed by atoms with van der Waals surface area (Å²) in [5.74, 6) is 0.0866. The standard InChI is InChI=1S/C23H16BrClN2O2/c24-19-5-3-6-21(13-19)27-23(28)18(14-26)12-17-4-1-2-7-22(17)29-15-16-8-10-20(25)11-9-16/h1-13H,15H2,(H,27,28)/b18-12-. The van der Waals surface area contributed by atoms with Crippen LogP contribution < -0.4 is 10.1 Å². The van der Waals surface area contributed by atoms with Crippen LogP contribution in [0.5, 0.6) is 5.75 Å². The Bertz CT molecular complexity index is 1090. The number of nitrogens with one attached hydrogen (secondary N) is 1. The lowest BCUT2D eigenvalue weighted by Crippen LogP contribution is -2.13. The van der Waals surface area contributed by atoms with Crippen LogP contribution in [0.25, 0.3) is 6.08 Å². The van der Waals surface area contributed by atoms with Crippen LogP contribution in [0.2, 0.25) is 5.02 Å². The molecule has 0 radical (unpaired) electrons. The largest absolute Gasteiger partial charge is 0.488 e. The van der Waals surface area contributed by atoms with Crippen molar-refractivity contribution in [2.45, 2.75) is 6.61 Å². The fraction of sp³-hybridized carbons (Fsp3) is 0.0435. The van der Waals surface area contributed by atoms with Crippen molar-refractivity contribution in [3.8, 4) is 11.8 Å². The first-order valence-corrected chi connectivity index (χ1v) is 9.87. The van der Waals surface area contributed by atoms with E-state index in [2.05, 4.69) is 21.2 Å². The number of para-hydroxylation sites is 1. The number of anilines is 1. The molecule has 0 bridgehead atoms. The molecular weight excluding hydrogens is 452 g/mol. The second kappa shape index (κ2) is 9.92. The first kappa shape index (κ1) is 20.7. The molecule has 0 fully saturated rings. The van der Waals surface area contributed by atoms with Crippen molar-refractivity contribution in [3.63, 3.8) is 0 Å². The number of ether oxygens (including phenoxy) is 1. The molecule has 4 nitrogen and oxygen atoms in total. The van der Waals surface area contributed by atoms with Gasteiger partial charge < -0.3 is 10.1 Å². The zero-order valence-corrected chi connectivity index (χ0v) is 17.6. The summed E-state index contributed by atoms with van der Waals surface area (Å²) < 4.78 is 6.72. The van der Waals surface area contributed by atoms with E-state index in [-0.39, 0.29) is 5.57 Å². The molecular formula is C23H16BrClN2O2. The molecule has 0 unspecified atom stereocenters. The summed E-state index contributed by atoms with van der Waals surface area (Å²) >= 11 is 9.26. The van der Waals surface area contributed by atoms with E-state index in [1.54, 1.807) is 42.5 Å². The Morgan fingerprint density at radius 2 is 1.86 bits per heavy atom. The summed E-state index contributed by atoms with van der Waals surface area (Å²) in [5, 5.41) is 12.9. The molecule has 0 spiro atoms. The summed E-state index contributed by atoms with van der Waals surface area (Å²) in [4.78, 5) is 12.5. The van der Waals surface area contributed by atoms with Gasteiger partial charge in [0.1, 0.15) is 24.0 Å². The number of carbonyl (C=O) groups excluding carboxylic acids is 1. The van der Waals surface area contributed by atoms with E-state index in [1.807, 2.05) is 36.4 Å². The lowest BCUT2D eigenvalue weighted by molar-refractivity contribution is -0.112. The average Bonchev–Trinajstić information content (AvgIpc) is 2.72. The molecule has 3 rings (SSSR count). The van der Waals surface area contributed by atoms with Crippen LogP contribution in [-0.4, -0.2) is 5.91 Å². The quantitative estimate of drug-likeness (QED) is 0.345. The smallest absolute Gasteiger partial charge is 0.266 e. The Morgan fingerprint density at radius 3 is 2.59 bits per heavy atom. The van der Waals surface area contributed by atoms with E-state index < -0.39 is 5.91 Å². The third-order valence-corrected chi connectivity index (χ3v) is 4.72. The highest BCUT2D eigenvalue weighted by atomic mass is 79.9. The molecule has 0 heterocycles. The fourth-order valence-corrected chi connectivity index (χ4v) is 3.07. The van der Waals surface area contributed by atoms with E-state index in [9.17, 15) is 10.1 Å². The number of amides is 1. The lowest BCUT2D eigenvalue weighted by Gasteiger charge is -2.10. The van der Waals surface area contributed by atoms with Gasteiger partial charge in [0.2, 0.25) is 0 Å². The summed E-state index contributed by atoms with van der Waals surface area (Å²) in [6, 6.07) is 23.7. The Kier molecular flexibility index (Phi) is 7.07. The van der Waals surface area contributed by atoms with Crippen LogP contribution in [-0.2, 0) is 11.4 Å². The van der Waals surface area contributed by atoms with Gasteiger partial charge in [-0.2, -0.15) is 5.26 Å². The first-order chi connectivity index (χ1) is 14.0. The maximum Gasteiger partial charge on any atom is 0.266 e. The molecule has 0 saturated carbocycles. The van der Waals surface area contributed by atoms with Crippen molar-refractivity contribution in [1.82, 2.24) is 0 Å². The molecule has 0 aliphatic carbocycles. The number of nitrogens with zero attached hydrogens (tertiary/aromatic N) is 1. The third-order valence-electron chi connectivity index (χ3n) is 3.97. The van der Waals surface area contributed by atoms with Gasteiger partial charge in [-0.25, -0.2) is 0 Å². The minimum absolute atomic E-state index is 0.0208. The predicted molar refractivity (Wildman–Crippen MR) is 119 cm³/mol. The molecule has 1 amide bonds. The van der Waals surface area contributed by atoms with Gasteiger partial charge in [-0.1, -0.05) is 63.9 Å². The Labute approximate surface area is 182 Å². The lowest BCUT2D eigenvalue weighted by atomic mass is 10.1. The molecule has 0 atom stereocenters. The second-order valence-corrected chi connectivity index (χ2v) is 7.44. The third kappa shape index (κ3) is 5.95. The molecule has 3 aromatic carbocycles. The van der Waals surface area contributed by atoms with Crippen LogP contribution in [0, 0.1) is 11.3 Å². The normalized spacial score (nSPS) is 10.9. The monoisotopic (exact) mass is 466 g/mol. The fourth-order valence-electron chi connectivity index (χ4n) is 2.54. The van der Waals surface area contributed by atoms with Gasteiger partial charge in [0.05, 0.1) is 0 Å². The van der Waals surface area contributed by atoms with Gasteiger partial charge in [0.25, 0.3) is 5.91 Å². The van der Waals surface area contributed by atoms with Crippen molar-refractivity contribution >= 4 is 45.2 Å². The van der Waals surface area contributed by atoms with Gasteiger partial charge in [0.15, 0.2) is 0 Å². The van der Waals surface area contributed by atoms with E-state index >= 15 is 0 Å². The number of rotatable bonds is 6. The Balaban J connectivity index is 1.77. The van der Waals surface area contributed by atoms with Gasteiger partial charge >= 0.3 is 0 Å². The number of benzene rings is 3. The van der Waals surface area contributed by atoms with E-state index in [1.165, 1.54) is 6.08 Å². The molecule has 144 valence electrons. The molecule has 0 aliphatic rings. The van der Waals surface area contributed by atoms with Crippen molar-refractivity contribution in [3.05, 3.63) is 99.0 Å². The van der Waals surface area contributed by atoms with Crippen LogP contribution in [0.3, 0.4) is 0 Å². The van der Waals surface area contributed by atoms with E-state index in [0.29, 0.717) is 28.6 Å². The highest BCUT2D eigenvalue weighted by molar-refractivity contribution is 9.10. The number of nitriles is 1. The first-order valence-electron chi connectivity index (χ1n) is 8.70. The van der Waals surface area contributed by atoms with Crippen LogP contribution in [0.4, 0.5) is 5.69 Å². The van der Waals surface area contributed by atoms with Crippen LogP contribution in [0.1, 0.15) is 11.1 Å². The number of carbonyl (C=O) groups is 1. The molecule has 29 heavy (non-hydrogen) atoms. The van der Waals surface area contributed by atoms with E-state index in [4.69, 9.17) is 16.3 Å². The summed E-state index contributed by atoms with van der Waals surface area (Å²) in [7, 11) is 0. The van der Waals surface area contributed by atoms with Crippen molar-refractivity contribution in [1.29, 1.82) is 5.26 Å². The van der Waals surface area contributed by atoms with Crippen molar-refractivity contribution in [2.24, 2.45) is 0 Å². The van der Waals surface area contributed by atoms with Crippen LogP contribution >= 0.6 is 27.5 Å². The topological polar surface area (TPSA) is 62.1 Å². The maximum absolute atomic E-state index is 12.5. The van der Waals surface area contributed by atoms with Gasteiger partial charge in [-0.3, -0.25) is 4.79 Å². The molecule has 0 aromatic heterocycles. The number of hydrogen-bond donors (Lipinski definition) is 1.